The van der Waals surface area contributed by atoms with Crippen molar-refractivity contribution in [1.29, 1.82) is 0 Å². The number of aliphatic hydroxyl groups excluding tert-OH is 1. The lowest BCUT2D eigenvalue weighted by molar-refractivity contribution is 0.299. The molecule has 1 aromatic heterocycles. The standard InChI is InChI=1S/C6H9NOS.ClH/c1-5-4-9-6(7-5)2-3-8;/h4,8H,2-3H2,1H3;1H. The molecule has 0 saturated heterocycles. The topological polar surface area (TPSA) is 33.1 Å². The van der Waals surface area contributed by atoms with Gasteiger partial charge in [0.05, 0.1) is 5.01 Å². The van der Waals surface area contributed by atoms with E-state index in [-0.39, 0.29) is 19.0 Å². The molecule has 0 saturated carbocycles. The molecular weight excluding hydrogens is 170 g/mol. The van der Waals surface area contributed by atoms with Crippen LogP contribution in [0.5, 0.6) is 0 Å². The van der Waals surface area contributed by atoms with Crippen LogP contribution in [0.3, 0.4) is 0 Å². The van der Waals surface area contributed by atoms with Crippen LogP contribution in [0, 0.1) is 6.92 Å². The molecule has 58 valence electrons. The Labute approximate surface area is 70.3 Å². The third-order valence-electron chi connectivity index (χ3n) is 0.992. The molecule has 0 amide bonds. The van der Waals surface area contributed by atoms with Gasteiger partial charge in [-0.15, -0.1) is 23.7 Å². The summed E-state index contributed by atoms with van der Waals surface area (Å²) >= 11 is 1.60. The first-order valence-electron chi connectivity index (χ1n) is 2.85. The van der Waals surface area contributed by atoms with Gasteiger partial charge in [-0.05, 0) is 6.92 Å². The zero-order valence-electron chi connectivity index (χ0n) is 5.70. The fourth-order valence-electron chi connectivity index (χ4n) is 0.613. The zero-order valence-corrected chi connectivity index (χ0v) is 7.34. The fourth-order valence-corrected chi connectivity index (χ4v) is 1.38. The number of rotatable bonds is 2. The van der Waals surface area contributed by atoms with Gasteiger partial charge in [0.25, 0.3) is 0 Å². The number of thiazole rings is 1. The van der Waals surface area contributed by atoms with Gasteiger partial charge in [0.1, 0.15) is 0 Å². The van der Waals surface area contributed by atoms with Crippen molar-refractivity contribution < 1.29 is 5.11 Å². The molecule has 0 aliphatic rings. The summed E-state index contributed by atoms with van der Waals surface area (Å²) in [6.45, 7) is 2.16. The molecule has 2 nitrogen and oxygen atoms in total. The van der Waals surface area contributed by atoms with Gasteiger partial charge in [0.15, 0.2) is 0 Å². The van der Waals surface area contributed by atoms with Crippen molar-refractivity contribution in [3.63, 3.8) is 0 Å². The van der Waals surface area contributed by atoms with Crippen LogP contribution in [0.2, 0.25) is 0 Å². The number of aryl methyl sites for hydroxylation is 1. The third-order valence-corrected chi connectivity index (χ3v) is 2.02. The Balaban J connectivity index is 0.000000810. The van der Waals surface area contributed by atoms with Crippen LogP contribution in [0.25, 0.3) is 0 Å². The Morgan fingerprint density at radius 2 is 2.40 bits per heavy atom. The molecule has 0 bridgehead atoms. The molecule has 0 fully saturated rings. The molecule has 4 heteroatoms. The second-order valence-corrected chi connectivity index (χ2v) is 2.80. The van der Waals surface area contributed by atoms with Crippen LogP contribution in [0.4, 0.5) is 0 Å². The number of hydrogen-bond acceptors (Lipinski definition) is 3. The highest BCUT2D eigenvalue weighted by molar-refractivity contribution is 7.09. The summed E-state index contributed by atoms with van der Waals surface area (Å²) in [5, 5.41) is 11.5. The van der Waals surface area contributed by atoms with E-state index < -0.39 is 0 Å². The summed E-state index contributed by atoms with van der Waals surface area (Å²) in [6.07, 6.45) is 0.693. The predicted molar refractivity (Wildman–Crippen MR) is 44.9 cm³/mol. The van der Waals surface area contributed by atoms with E-state index in [1.807, 2.05) is 12.3 Å². The Bertz CT molecular complexity index is 190. The van der Waals surface area contributed by atoms with E-state index >= 15 is 0 Å². The minimum Gasteiger partial charge on any atom is -0.396 e. The highest BCUT2D eigenvalue weighted by Gasteiger charge is 1.94. The normalized spacial score (nSPS) is 9.00. The van der Waals surface area contributed by atoms with Gasteiger partial charge in [-0.1, -0.05) is 0 Å². The van der Waals surface area contributed by atoms with E-state index in [9.17, 15) is 0 Å². The summed E-state index contributed by atoms with van der Waals surface area (Å²) in [4.78, 5) is 4.16. The molecule has 1 aromatic rings. The van der Waals surface area contributed by atoms with Crippen LogP contribution in [0.1, 0.15) is 10.7 Å². The molecule has 1 rings (SSSR count). The minimum absolute atomic E-state index is 0. The highest BCUT2D eigenvalue weighted by Crippen LogP contribution is 2.07. The smallest absolute Gasteiger partial charge is 0.0950 e. The highest BCUT2D eigenvalue weighted by atomic mass is 35.5. The summed E-state index contributed by atoms with van der Waals surface area (Å²) in [7, 11) is 0. The average Bonchev–Trinajstić information content (AvgIpc) is 2.17. The molecule has 0 spiro atoms. The SMILES string of the molecule is Cc1csc(CCO)n1.Cl. The van der Waals surface area contributed by atoms with E-state index in [4.69, 9.17) is 5.11 Å². The molecule has 0 radical (unpaired) electrons. The quantitative estimate of drug-likeness (QED) is 0.745. The van der Waals surface area contributed by atoms with Gasteiger partial charge in [0, 0.05) is 24.1 Å². The minimum atomic E-state index is 0. The number of aliphatic hydroxyl groups is 1. The Hall–Kier alpha value is -0.120. The van der Waals surface area contributed by atoms with Crippen LogP contribution < -0.4 is 0 Å². The van der Waals surface area contributed by atoms with Crippen LogP contribution in [0.15, 0.2) is 5.38 Å². The zero-order chi connectivity index (χ0) is 6.69. The molecule has 0 atom stereocenters. The van der Waals surface area contributed by atoms with E-state index in [0.29, 0.717) is 6.42 Å². The lowest BCUT2D eigenvalue weighted by Crippen LogP contribution is -1.88. The molecular formula is C6H10ClNOS. The number of halogens is 1. The predicted octanol–water partition coefficient (Wildman–Crippen LogP) is 1.41. The average molecular weight is 180 g/mol. The van der Waals surface area contributed by atoms with E-state index in [2.05, 4.69) is 4.98 Å². The van der Waals surface area contributed by atoms with Crippen LogP contribution >= 0.6 is 23.7 Å². The van der Waals surface area contributed by atoms with Gasteiger partial charge in [-0.3, -0.25) is 0 Å². The molecule has 1 N–H and O–H groups in total. The maximum absolute atomic E-state index is 8.50. The molecule has 0 aromatic carbocycles. The molecule has 1 heterocycles. The Kier molecular flexibility index (Phi) is 4.60. The monoisotopic (exact) mass is 179 g/mol. The summed E-state index contributed by atoms with van der Waals surface area (Å²) < 4.78 is 0. The van der Waals surface area contributed by atoms with E-state index in [1.54, 1.807) is 11.3 Å². The van der Waals surface area contributed by atoms with Gasteiger partial charge >= 0.3 is 0 Å². The molecule has 0 aliphatic carbocycles. The second kappa shape index (κ2) is 4.66. The molecule has 0 unspecified atom stereocenters. The van der Waals surface area contributed by atoms with Gasteiger partial charge < -0.3 is 5.11 Å². The summed E-state index contributed by atoms with van der Waals surface area (Å²) in [5.41, 5.74) is 1.04. The van der Waals surface area contributed by atoms with Crippen molar-refractivity contribution in [2.75, 3.05) is 6.61 Å². The van der Waals surface area contributed by atoms with Crippen molar-refractivity contribution in [3.05, 3.63) is 16.1 Å². The van der Waals surface area contributed by atoms with Crippen LogP contribution in [-0.2, 0) is 6.42 Å². The summed E-state index contributed by atoms with van der Waals surface area (Å²) in [5.74, 6) is 0. The number of hydrogen-bond donors (Lipinski definition) is 1. The number of nitrogens with zero attached hydrogens (tertiary/aromatic N) is 1. The van der Waals surface area contributed by atoms with Crippen molar-refractivity contribution >= 4 is 23.7 Å². The Morgan fingerprint density at radius 1 is 1.70 bits per heavy atom. The van der Waals surface area contributed by atoms with Gasteiger partial charge in [-0.25, -0.2) is 4.98 Å². The number of aromatic nitrogens is 1. The van der Waals surface area contributed by atoms with Crippen LogP contribution in [-0.4, -0.2) is 16.7 Å². The van der Waals surface area contributed by atoms with Crippen molar-refractivity contribution in [2.24, 2.45) is 0 Å². The first-order chi connectivity index (χ1) is 4.33. The van der Waals surface area contributed by atoms with Gasteiger partial charge in [0.2, 0.25) is 0 Å². The summed E-state index contributed by atoms with van der Waals surface area (Å²) in [6, 6.07) is 0. The first-order valence-corrected chi connectivity index (χ1v) is 3.73. The third kappa shape index (κ3) is 2.64. The maximum atomic E-state index is 8.50. The fraction of sp³-hybridized carbons (Fsp3) is 0.500. The van der Waals surface area contributed by atoms with E-state index in [1.165, 1.54) is 0 Å². The largest absolute Gasteiger partial charge is 0.396 e. The molecule has 10 heavy (non-hydrogen) atoms. The Morgan fingerprint density at radius 3 is 2.80 bits per heavy atom. The second-order valence-electron chi connectivity index (χ2n) is 1.86. The first kappa shape index (κ1) is 9.88. The van der Waals surface area contributed by atoms with E-state index in [0.717, 1.165) is 10.7 Å². The van der Waals surface area contributed by atoms with Crippen molar-refractivity contribution in [2.45, 2.75) is 13.3 Å². The molecule has 0 aliphatic heterocycles. The lowest BCUT2D eigenvalue weighted by Gasteiger charge is -1.85. The van der Waals surface area contributed by atoms with Crippen molar-refractivity contribution in [1.82, 2.24) is 4.98 Å². The lowest BCUT2D eigenvalue weighted by atomic mass is 10.5. The van der Waals surface area contributed by atoms with Gasteiger partial charge in [-0.2, -0.15) is 0 Å². The maximum Gasteiger partial charge on any atom is 0.0950 e. The van der Waals surface area contributed by atoms with Crippen molar-refractivity contribution in [3.8, 4) is 0 Å².